The smallest absolute Gasteiger partial charge is 0.335 e. The molecule has 2 N–H and O–H groups in total. The fourth-order valence-corrected chi connectivity index (χ4v) is 4.67. The number of aryl methyl sites for hydroxylation is 1. The van der Waals surface area contributed by atoms with E-state index in [4.69, 9.17) is 0 Å². The molecule has 0 bridgehead atoms. The minimum absolute atomic E-state index is 0.104. The molecule has 0 spiro atoms. The predicted octanol–water partition coefficient (Wildman–Crippen LogP) is 4.80. The van der Waals surface area contributed by atoms with Crippen LogP contribution >= 0.6 is 0 Å². The van der Waals surface area contributed by atoms with Gasteiger partial charge in [-0.2, -0.15) is 0 Å². The zero-order chi connectivity index (χ0) is 20.4. The number of carbonyl (C=O) groups is 1. The van der Waals surface area contributed by atoms with Gasteiger partial charge in [-0.15, -0.1) is 0 Å². The molecule has 0 radical (unpaired) electrons. The SMILES string of the molecule is CC[C@@H]1[C@H](C)Nc2cccc3cc(-c4nc5cc(C(=O)O)cc(F)c5n4C)n1c23. The molecule has 2 aromatic heterocycles. The Kier molecular flexibility index (Phi) is 3.71. The highest BCUT2D eigenvalue weighted by molar-refractivity contribution is 5.98. The van der Waals surface area contributed by atoms with Crippen molar-refractivity contribution in [2.45, 2.75) is 32.4 Å². The van der Waals surface area contributed by atoms with Gasteiger partial charge >= 0.3 is 5.97 Å². The van der Waals surface area contributed by atoms with Crippen molar-refractivity contribution in [3.8, 4) is 11.5 Å². The Morgan fingerprint density at radius 2 is 2.07 bits per heavy atom. The highest BCUT2D eigenvalue weighted by atomic mass is 19.1. The van der Waals surface area contributed by atoms with Gasteiger partial charge in [-0.3, -0.25) is 0 Å². The number of halogens is 1. The van der Waals surface area contributed by atoms with Crippen molar-refractivity contribution >= 4 is 33.6 Å². The summed E-state index contributed by atoms with van der Waals surface area (Å²) in [7, 11) is 1.77. The fraction of sp³-hybridized carbons (Fsp3) is 0.273. The molecule has 148 valence electrons. The Morgan fingerprint density at radius 1 is 1.28 bits per heavy atom. The minimum Gasteiger partial charge on any atom is -0.478 e. The van der Waals surface area contributed by atoms with Gasteiger partial charge in [0.1, 0.15) is 11.3 Å². The van der Waals surface area contributed by atoms with Gasteiger partial charge in [-0.25, -0.2) is 14.2 Å². The standard InChI is InChI=1S/C22H21FN4O2/c1-4-17-11(2)24-15-7-5-6-12-10-18(27(17)19(12)15)21-25-16-9-13(22(28)29)8-14(23)20(16)26(21)3/h5-11,17,24H,4H2,1-3H3,(H,28,29)/t11-,17+/m0/s1. The van der Waals surface area contributed by atoms with Gasteiger partial charge < -0.3 is 19.6 Å². The maximum absolute atomic E-state index is 14.7. The summed E-state index contributed by atoms with van der Waals surface area (Å²) in [6.07, 6.45) is 0.931. The van der Waals surface area contributed by atoms with Gasteiger partial charge in [0, 0.05) is 18.5 Å². The first-order chi connectivity index (χ1) is 13.9. The number of nitrogens with zero attached hydrogens (tertiary/aromatic N) is 3. The van der Waals surface area contributed by atoms with E-state index in [-0.39, 0.29) is 17.6 Å². The molecule has 4 aromatic rings. The maximum Gasteiger partial charge on any atom is 0.335 e. The number of para-hydroxylation sites is 1. The number of hydrogen-bond donors (Lipinski definition) is 2. The quantitative estimate of drug-likeness (QED) is 0.525. The molecule has 0 saturated carbocycles. The lowest BCUT2D eigenvalue weighted by molar-refractivity contribution is 0.0696. The molecule has 0 aliphatic carbocycles. The Balaban J connectivity index is 1.84. The van der Waals surface area contributed by atoms with Gasteiger partial charge in [0.15, 0.2) is 5.82 Å². The number of fused-ring (bicyclic) bond motifs is 1. The fourth-order valence-electron chi connectivity index (χ4n) is 4.67. The number of carboxylic acids is 1. The number of nitrogens with one attached hydrogen (secondary N) is 1. The van der Waals surface area contributed by atoms with Gasteiger partial charge in [-0.1, -0.05) is 19.1 Å². The van der Waals surface area contributed by atoms with E-state index < -0.39 is 11.8 Å². The Morgan fingerprint density at radius 3 is 2.79 bits per heavy atom. The third-order valence-corrected chi connectivity index (χ3v) is 5.97. The first-order valence-corrected chi connectivity index (χ1v) is 9.70. The third kappa shape index (κ3) is 2.40. The second kappa shape index (κ2) is 6.07. The molecular formula is C22H21FN4O2. The summed E-state index contributed by atoms with van der Waals surface area (Å²) in [6, 6.07) is 11.2. The first kappa shape index (κ1) is 17.7. The van der Waals surface area contributed by atoms with Crippen LogP contribution in [0.4, 0.5) is 10.1 Å². The van der Waals surface area contributed by atoms with Crippen LogP contribution in [0.1, 0.15) is 36.7 Å². The average molecular weight is 392 g/mol. The van der Waals surface area contributed by atoms with E-state index in [0.717, 1.165) is 34.8 Å². The van der Waals surface area contributed by atoms with Crippen LogP contribution in [0.5, 0.6) is 0 Å². The predicted molar refractivity (Wildman–Crippen MR) is 111 cm³/mol. The molecule has 0 fully saturated rings. The monoisotopic (exact) mass is 392 g/mol. The van der Waals surface area contributed by atoms with Crippen LogP contribution in [-0.4, -0.2) is 31.2 Å². The molecule has 2 atom stereocenters. The van der Waals surface area contributed by atoms with E-state index in [2.05, 4.69) is 46.9 Å². The normalized spacial score (nSPS) is 18.3. The summed E-state index contributed by atoms with van der Waals surface area (Å²) in [5, 5.41) is 13.9. The van der Waals surface area contributed by atoms with Gasteiger partial charge in [0.25, 0.3) is 0 Å². The highest BCUT2D eigenvalue weighted by Crippen LogP contribution is 2.41. The topological polar surface area (TPSA) is 72.1 Å². The summed E-state index contributed by atoms with van der Waals surface area (Å²) >= 11 is 0. The van der Waals surface area contributed by atoms with Crippen LogP contribution in [0, 0.1) is 5.82 Å². The third-order valence-electron chi connectivity index (χ3n) is 5.97. The molecule has 3 heterocycles. The molecule has 5 rings (SSSR count). The zero-order valence-corrected chi connectivity index (χ0v) is 16.4. The van der Waals surface area contributed by atoms with Crippen molar-refractivity contribution in [2.24, 2.45) is 7.05 Å². The van der Waals surface area contributed by atoms with Crippen LogP contribution in [0.3, 0.4) is 0 Å². The lowest BCUT2D eigenvalue weighted by Crippen LogP contribution is -2.32. The lowest BCUT2D eigenvalue weighted by atomic mass is 10.0. The molecular weight excluding hydrogens is 371 g/mol. The van der Waals surface area contributed by atoms with E-state index >= 15 is 0 Å². The molecule has 0 amide bonds. The van der Waals surface area contributed by atoms with Crippen LogP contribution < -0.4 is 5.32 Å². The Labute approximate surface area is 166 Å². The van der Waals surface area contributed by atoms with Crippen LogP contribution in [0.25, 0.3) is 33.5 Å². The number of benzene rings is 2. The largest absolute Gasteiger partial charge is 0.478 e. The van der Waals surface area contributed by atoms with Gasteiger partial charge in [0.2, 0.25) is 0 Å². The van der Waals surface area contributed by atoms with Crippen LogP contribution in [-0.2, 0) is 7.05 Å². The maximum atomic E-state index is 14.7. The Bertz CT molecular complexity index is 1300. The number of aromatic nitrogens is 3. The molecule has 1 aliphatic heterocycles. The van der Waals surface area contributed by atoms with Crippen molar-refractivity contribution in [3.05, 3.63) is 47.8 Å². The molecule has 1 aliphatic rings. The van der Waals surface area contributed by atoms with Gasteiger partial charge in [-0.05, 0) is 37.6 Å². The molecule has 6 nitrogen and oxygen atoms in total. The van der Waals surface area contributed by atoms with E-state index in [0.29, 0.717) is 16.9 Å². The van der Waals surface area contributed by atoms with Crippen molar-refractivity contribution < 1.29 is 14.3 Å². The molecule has 29 heavy (non-hydrogen) atoms. The van der Waals surface area contributed by atoms with E-state index in [9.17, 15) is 14.3 Å². The number of imidazole rings is 1. The van der Waals surface area contributed by atoms with Crippen LogP contribution in [0.15, 0.2) is 36.4 Å². The first-order valence-electron chi connectivity index (χ1n) is 9.70. The summed E-state index contributed by atoms with van der Waals surface area (Å²) in [5.41, 5.74) is 3.64. The Hall–Kier alpha value is -3.35. The second-order valence-electron chi connectivity index (χ2n) is 7.68. The summed E-state index contributed by atoms with van der Waals surface area (Å²) < 4.78 is 18.7. The molecule has 2 aromatic carbocycles. The summed E-state index contributed by atoms with van der Waals surface area (Å²) in [5.74, 6) is -1.13. The molecule has 0 saturated heterocycles. The average Bonchev–Trinajstić information content (AvgIpc) is 3.21. The molecule has 7 heteroatoms. The number of rotatable bonds is 3. The van der Waals surface area contributed by atoms with Gasteiger partial charge in [0.05, 0.1) is 34.0 Å². The van der Waals surface area contributed by atoms with Crippen molar-refractivity contribution in [1.29, 1.82) is 0 Å². The van der Waals surface area contributed by atoms with Crippen molar-refractivity contribution in [3.63, 3.8) is 0 Å². The minimum atomic E-state index is -1.17. The number of anilines is 1. The second-order valence-corrected chi connectivity index (χ2v) is 7.68. The summed E-state index contributed by atoms with van der Waals surface area (Å²) in [4.78, 5) is 16.0. The highest BCUT2D eigenvalue weighted by Gasteiger charge is 2.30. The number of hydrogen-bond acceptors (Lipinski definition) is 3. The number of aromatic carboxylic acids is 1. The number of carboxylic acid groups (broad SMARTS) is 1. The van der Waals surface area contributed by atoms with E-state index in [1.807, 2.05) is 6.07 Å². The van der Waals surface area contributed by atoms with Crippen LogP contribution in [0.2, 0.25) is 0 Å². The van der Waals surface area contributed by atoms with Crippen molar-refractivity contribution in [1.82, 2.24) is 14.1 Å². The van der Waals surface area contributed by atoms with Crippen molar-refractivity contribution in [2.75, 3.05) is 5.32 Å². The summed E-state index contributed by atoms with van der Waals surface area (Å²) in [6.45, 7) is 4.31. The lowest BCUT2D eigenvalue weighted by Gasteiger charge is -2.34. The van der Waals surface area contributed by atoms with E-state index in [1.54, 1.807) is 11.6 Å². The molecule has 0 unspecified atom stereocenters. The van der Waals surface area contributed by atoms with E-state index in [1.165, 1.54) is 6.07 Å². The zero-order valence-electron chi connectivity index (χ0n) is 16.4.